The van der Waals surface area contributed by atoms with Crippen LogP contribution in [0.2, 0.25) is 0 Å². The fourth-order valence-electron chi connectivity index (χ4n) is 3.30. The SMILES string of the molecule is C#CCOCC1CCN(C(=O)C2CCN(C(C)=O)CC2)CC1. The number of amides is 2. The summed E-state index contributed by atoms with van der Waals surface area (Å²) in [5.41, 5.74) is 0. The second kappa shape index (κ2) is 8.19. The molecule has 0 bridgehead atoms. The smallest absolute Gasteiger partial charge is 0.225 e. The van der Waals surface area contributed by atoms with E-state index in [1.165, 1.54) is 0 Å². The predicted molar refractivity (Wildman–Crippen MR) is 83.9 cm³/mol. The summed E-state index contributed by atoms with van der Waals surface area (Å²) in [5.74, 6) is 3.45. The van der Waals surface area contributed by atoms with Crippen molar-refractivity contribution in [3.05, 3.63) is 0 Å². The lowest BCUT2D eigenvalue weighted by molar-refractivity contribution is -0.141. The van der Waals surface area contributed by atoms with E-state index in [9.17, 15) is 9.59 Å². The second-order valence-corrected chi connectivity index (χ2v) is 6.27. The molecule has 0 aliphatic carbocycles. The molecular formula is C17H26N2O3. The molecule has 0 aromatic carbocycles. The van der Waals surface area contributed by atoms with E-state index in [-0.39, 0.29) is 17.7 Å². The van der Waals surface area contributed by atoms with Crippen molar-refractivity contribution >= 4 is 11.8 Å². The van der Waals surface area contributed by atoms with Gasteiger partial charge in [-0.25, -0.2) is 0 Å². The van der Waals surface area contributed by atoms with Gasteiger partial charge in [0.15, 0.2) is 0 Å². The number of rotatable bonds is 4. The molecule has 0 saturated carbocycles. The molecule has 2 aliphatic rings. The van der Waals surface area contributed by atoms with E-state index in [0.29, 0.717) is 32.2 Å². The minimum atomic E-state index is 0.0878. The number of carbonyl (C=O) groups excluding carboxylic acids is 2. The molecule has 0 unspecified atom stereocenters. The normalized spacial score (nSPS) is 20.7. The highest BCUT2D eigenvalue weighted by Crippen LogP contribution is 2.24. The molecule has 2 aliphatic heterocycles. The monoisotopic (exact) mass is 306 g/mol. The highest BCUT2D eigenvalue weighted by molar-refractivity contribution is 5.79. The average molecular weight is 306 g/mol. The van der Waals surface area contributed by atoms with Gasteiger partial charge in [-0.2, -0.15) is 0 Å². The molecule has 2 heterocycles. The summed E-state index contributed by atoms with van der Waals surface area (Å²) < 4.78 is 5.39. The highest BCUT2D eigenvalue weighted by atomic mass is 16.5. The Morgan fingerprint density at radius 2 is 1.68 bits per heavy atom. The topological polar surface area (TPSA) is 49.9 Å². The van der Waals surface area contributed by atoms with E-state index in [4.69, 9.17) is 11.2 Å². The molecule has 0 radical (unpaired) electrons. The van der Waals surface area contributed by atoms with Gasteiger partial charge in [-0.15, -0.1) is 6.42 Å². The third kappa shape index (κ3) is 4.48. The molecule has 122 valence electrons. The van der Waals surface area contributed by atoms with Gasteiger partial charge < -0.3 is 14.5 Å². The van der Waals surface area contributed by atoms with Gasteiger partial charge in [0, 0.05) is 39.0 Å². The van der Waals surface area contributed by atoms with Crippen LogP contribution in [0.3, 0.4) is 0 Å². The number of likely N-dealkylation sites (tertiary alicyclic amines) is 2. The van der Waals surface area contributed by atoms with Crippen LogP contribution in [0.5, 0.6) is 0 Å². The first-order valence-electron chi connectivity index (χ1n) is 8.17. The summed E-state index contributed by atoms with van der Waals surface area (Å²) in [5, 5.41) is 0. The van der Waals surface area contributed by atoms with Crippen LogP contribution in [0.15, 0.2) is 0 Å². The van der Waals surface area contributed by atoms with Crippen molar-refractivity contribution < 1.29 is 14.3 Å². The molecule has 0 spiro atoms. The van der Waals surface area contributed by atoms with Crippen molar-refractivity contribution in [3.8, 4) is 12.3 Å². The summed E-state index contributed by atoms with van der Waals surface area (Å²) in [4.78, 5) is 27.7. The van der Waals surface area contributed by atoms with Crippen LogP contribution in [0, 0.1) is 24.2 Å². The summed E-state index contributed by atoms with van der Waals surface area (Å²) >= 11 is 0. The lowest BCUT2D eigenvalue weighted by Crippen LogP contribution is -2.46. The Balaban J connectivity index is 1.71. The maximum atomic E-state index is 12.6. The number of hydrogen-bond acceptors (Lipinski definition) is 3. The van der Waals surface area contributed by atoms with Gasteiger partial charge in [0.05, 0.1) is 6.61 Å². The maximum Gasteiger partial charge on any atom is 0.225 e. The molecule has 2 saturated heterocycles. The van der Waals surface area contributed by atoms with Crippen molar-refractivity contribution in [3.63, 3.8) is 0 Å². The van der Waals surface area contributed by atoms with Gasteiger partial charge in [0.1, 0.15) is 6.61 Å². The third-order valence-corrected chi connectivity index (χ3v) is 4.75. The molecule has 0 aromatic heterocycles. The zero-order valence-electron chi connectivity index (χ0n) is 13.4. The number of ether oxygens (including phenoxy) is 1. The van der Waals surface area contributed by atoms with Crippen molar-refractivity contribution in [1.29, 1.82) is 0 Å². The summed E-state index contributed by atoms with van der Waals surface area (Å²) in [7, 11) is 0. The minimum Gasteiger partial charge on any atom is -0.369 e. The summed E-state index contributed by atoms with van der Waals surface area (Å²) in [6.07, 6.45) is 8.73. The molecule has 0 aromatic rings. The van der Waals surface area contributed by atoms with Crippen molar-refractivity contribution in [2.75, 3.05) is 39.4 Å². The molecule has 5 nitrogen and oxygen atoms in total. The fraction of sp³-hybridized carbons (Fsp3) is 0.765. The number of carbonyl (C=O) groups is 2. The molecule has 2 rings (SSSR count). The Morgan fingerprint density at radius 1 is 1.09 bits per heavy atom. The van der Waals surface area contributed by atoms with Crippen LogP contribution in [0.25, 0.3) is 0 Å². The van der Waals surface area contributed by atoms with E-state index >= 15 is 0 Å². The predicted octanol–water partition coefficient (Wildman–Crippen LogP) is 1.13. The van der Waals surface area contributed by atoms with Gasteiger partial charge in [-0.1, -0.05) is 5.92 Å². The quantitative estimate of drug-likeness (QED) is 0.578. The van der Waals surface area contributed by atoms with Crippen LogP contribution in [-0.4, -0.2) is 61.0 Å². The molecule has 0 atom stereocenters. The van der Waals surface area contributed by atoms with Crippen LogP contribution in [0.4, 0.5) is 0 Å². The van der Waals surface area contributed by atoms with E-state index in [1.807, 2.05) is 9.80 Å². The largest absolute Gasteiger partial charge is 0.369 e. The Morgan fingerprint density at radius 3 is 2.23 bits per heavy atom. The van der Waals surface area contributed by atoms with Gasteiger partial charge in [0.25, 0.3) is 0 Å². The number of piperidine rings is 2. The third-order valence-electron chi connectivity index (χ3n) is 4.75. The first-order chi connectivity index (χ1) is 10.6. The molecule has 22 heavy (non-hydrogen) atoms. The Bertz CT molecular complexity index is 428. The average Bonchev–Trinajstić information content (AvgIpc) is 2.55. The Kier molecular flexibility index (Phi) is 6.26. The first-order valence-corrected chi connectivity index (χ1v) is 8.17. The number of nitrogens with zero attached hydrogens (tertiary/aromatic N) is 2. The standard InChI is InChI=1S/C17H26N2O3/c1-3-12-22-13-15-4-8-19(9-5-15)17(21)16-6-10-18(11-7-16)14(2)20/h1,15-16H,4-13H2,2H3. The summed E-state index contributed by atoms with van der Waals surface area (Å²) in [6, 6.07) is 0. The molecule has 2 fully saturated rings. The highest BCUT2D eigenvalue weighted by Gasteiger charge is 2.31. The van der Waals surface area contributed by atoms with E-state index in [0.717, 1.165) is 38.8 Å². The van der Waals surface area contributed by atoms with E-state index in [1.54, 1.807) is 6.92 Å². The fourth-order valence-corrected chi connectivity index (χ4v) is 3.30. The summed E-state index contributed by atoms with van der Waals surface area (Å²) in [6.45, 7) is 5.71. The minimum absolute atomic E-state index is 0.0878. The van der Waals surface area contributed by atoms with E-state index < -0.39 is 0 Å². The van der Waals surface area contributed by atoms with E-state index in [2.05, 4.69) is 5.92 Å². The molecular weight excluding hydrogens is 280 g/mol. The zero-order valence-corrected chi connectivity index (χ0v) is 13.4. The van der Waals surface area contributed by atoms with Gasteiger partial charge in [0.2, 0.25) is 11.8 Å². The van der Waals surface area contributed by atoms with Gasteiger partial charge >= 0.3 is 0 Å². The first kappa shape index (κ1) is 16.8. The molecule has 0 N–H and O–H groups in total. The lowest BCUT2D eigenvalue weighted by atomic mass is 9.92. The molecule has 2 amide bonds. The Hall–Kier alpha value is -1.54. The number of hydrogen-bond donors (Lipinski definition) is 0. The zero-order chi connectivity index (χ0) is 15.9. The van der Waals surface area contributed by atoms with Crippen molar-refractivity contribution in [1.82, 2.24) is 9.80 Å². The van der Waals surface area contributed by atoms with Crippen molar-refractivity contribution in [2.24, 2.45) is 11.8 Å². The maximum absolute atomic E-state index is 12.6. The van der Waals surface area contributed by atoms with Crippen LogP contribution in [0.1, 0.15) is 32.6 Å². The van der Waals surface area contributed by atoms with Crippen LogP contribution >= 0.6 is 0 Å². The van der Waals surface area contributed by atoms with Crippen molar-refractivity contribution in [2.45, 2.75) is 32.6 Å². The van der Waals surface area contributed by atoms with Gasteiger partial charge in [-0.05, 0) is 31.6 Å². The lowest BCUT2D eigenvalue weighted by Gasteiger charge is -2.37. The van der Waals surface area contributed by atoms with Gasteiger partial charge in [-0.3, -0.25) is 9.59 Å². The van der Waals surface area contributed by atoms with Crippen LogP contribution < -0.4 is 0 Å². The number of terminal acetylenes is 1. The molecule has 5 heteroatoms. The second-order valence-electron chi connectivity index (χ2n) is 6.27. The van der Waals surface area contributed by atoms with Crippen LogP contribution in [-0.2, 0) is 14.3 Å². The Labute approximate surface area is 133 Å².